The average Bonchev–Trinajstić information content (AvgIpc) is 3.51. The summed E-state index contributed by atoms with van der Waals surface area (Å²) in [5.74, 6) is 1.47. The number of ether oxygens (including phenoxy) is 4. The fourth-order valence-electron chi connectivity index (χ4n) is 4.58. The largest absolute Gasteiger partial charge is 0.492 e. The first-order valence-corrected chi connectivity index (χ1v) is 11.5. The zero-order chi connectivity index (χ0) is 23.8. The standard InChI is InChI=1S/C26H28N2O6/c1-15-6-7-17(11-19(15)27-26(30)21-5-4-10-32-21)23(29)20-13-18-16(8-9-28(20)2)12-22-25(24(18)31-3)34-14-33-22/h6-7,11-13,21H,4-5,8-10,14H2,1-3H3,(H,27,30)/t21-/m0/s1. The molecule has 0 aromatic heterocycles. The second kappa shape index (κ2) is 9.02. The van der Waals surface area contributed by atoms with Gasteiger partial charge in [-0.05, 0) is 55.5 Å². The molecule has 1 fully saturated rings. The van der Waals surface area contributed by atoms with Gasteiger partial charge in [-0.3, -0.25) is 9.59 Å². The van der Waals surface area contributed by atoms with Crippen LogP contribution in [-0.2, 0) is 16.0 Å². The number of nitrogens with one attached hydrogen (secondary N) is 1. The lowest BCUT2D eigenvalue weighted by Gasteiger charge is -2.20. The molecule has 0 saturated carbocycles. The Bertz CT molecular complexity index is 1180. The van der Waals surface area contributed by atoms with Gasteiger partial charge in [0.1, 0.15) is 6.10 Å². The third-order valence-electron chi connectivity index (χ3n) is 6.57. The van der Waals surface area contributed by atoms with E-state index in [1.54, 1.807) is 19.2 Å². The number of carbonyl (C=O) groups is 2. The maximum Gasteiger partial charge on any atom is 0.253 e. The van der Waals surface area contributed by atoms with Crippen molar-refractivity contribution in [2.45, 2.75) is 32.3 Å². The summed E-state index contributed by atoms with van der Waals surface area (Å²) >= 11 is 0. The van der Waals surface area contributed by atoms with E-state index in [1.807, 2.05) is 37.1 Å². The minimum absolute atomic E-state index is 0.136. The summed E-state index contributed by atoms with van der Waals surface area (Å²) < 4.78 is 22.3. The Labute approximate surface area is 198 Å². The van der Waals surface area contributed by atoms with Crippen LogP contribution in [0.2, 0.25) is 0 Å². The van der Waals surface area contributed by atoms with E-state index in [0.29, 0.717) is 53.8 Å². The summed E-state index contributed by atoms with van der Waals surface area (Å²) in [6.07, 6.45) is 3.73. The molecule has 34 heavy (non-hydrogen) atoms. The van der Waals surface area contributed by atoms with Crippen LogP contribution in [0.1, 0.15) is 39.9 Å². The zero-order valence-electron chi connectivity index (χ0n) is 19.6. The van der Waals surface area contributed by atoms with E-state index >= 15 is 0 Å². The number of hydrogen-bond acceptors (Lipinski definition) is 7. The van der Waals surface area contributed by atoms with Gasteiger partial charge in [0.05, 0.1) is 12.8 Å². The fraction of sp³-hybridized carbons (Fsp3) is 0.385. The number of anilines is 1. The Morgan fingerprint density at radius 1 is 1.21 bits per heavy atom. The summed E-state index contributed by atoms with van der Waals surface area (Å²) in [7, 11) is 3.49. The monoisotopic (exact) mass is 464 g/mol. The molecule has 0 radical (unpaired) electrons. The molecular formula is C26H28N2O6. The van der Waals surface area contributed by atoms with Crippen LogP contribution in [-0.4, -0.2) is 56.8 Å². The van der Waals surface area contributed by atoms with Gasteiger partial charge in [0.2, 0.25) is 18.3 Å². The highest BCUT2D eigenvalue weighted by atomic mass is 16.7. The summed E-state index contributed by atoms with van der Waals surface area (Å²) in [6, 6.07) is 7.34. The van der Waals surface area contributed by atoms with Crippen LogP contribution in [0, 0.1) is 6.92 Å². The SMILES string of the molecule is COc1c2c(cc3c1OCO3)CCN(C)C(C(=O)c1ccc(C)c(NC(=O)[C@@H]3CCCO3)c1)=C2. The molecule has 1 N–H and O–H groups in total. The quantitative estimate of drug-likeness (QED) is 0.677. The van der Waals surface area contributed by atoms with Gasteiger partial charge in [0.15, 0.2) is 11.5 Å². The number of allylic oxidation sites excluding steroid dienone is 1. The normalized spacial score (nSPS) is 18.7. The molecule has 2 aromatic rings. The molecule has 3 aliphatic heterocycles. The minimum Gasteiger partial charge on any atom is -0.492 e. The molecule has 0 bridgehead atoms. The van der Waals surface area contributed by atoms with Gasteiger partial charge >= 0.3 is 0 Å². The number of benzene rings is 2. The average molecular weight is 465 g/mol. The van der Waals surface area contributed by atoms with Crippen molar-refractivity contribution in [3.8, 4) is 17.2 Å². The van der Waals surface area contributed by atoms with E-state index < -0.39 is 6.10 Å². The molecule has 3 aliphatic rings. The summed E-state index contributed by atoms with van der Waals surface area (Å²) in [5, 5.41) is 2.94. The van der Waals surface area contributed by atoms with E-state index in [-0.39, 0.29) is 18.5 Å². The summed E-state index contributed by atoms with van der Waals surface area (Å²) in [5.41, 5.74) is 4.38. The van der Waals surface area contributed by atoms with Crippen molar-refractivity contribution >= 4 is 23.5 Å². The Morgan fingerprint density at radius 3 is 2.82 bits per heavy atom. The molecular weight excluding hydrogens is 436 g/mol. The number of aryl methyl sites for hydroxylation is 1. The molecule has 1 saturated heterocycles. The Kier molecular flexibility index (Phi) is 5.91. The minimum atomic E-state index is -0.439. The second-order valence-electron chi connectivity index (χ2n) is 8.77. The van der Waals surface area contributed by atoms with Crippen LogP contribution in [0.3, 0.4) is 0 Å². The van der Waals surface area contributed by atoms with Crippen molar-refractivity contribution in [3.63, 3.8) is 0 Å². The number of fused-ring (bicyclic) bond motifs is 2. The van der Waals surface area contributed by atoms with Gasteiger partial charge in [0.25, 0.3) is 5.91 Å². The van der Waals surface area contributed by atoms with Crippen LogP contribution in [0.4, 0.5) is 5.69 Å². The maximum atomic E-state index is 13.7. The van der Waals surface area contributed by atoms with Crippen LogP contribution in [0.15, 0.2) is 30.0 Å². The first-order chi connectivity index (χ1) is 16.5. The van der Waals surface area contributed by atoms with Crippen molar-refractivity contribution in [2.24, 2.45) is 0 Å². The number of ketones is 1. The van der Waals surface area contributed by atoms with E-state index in [1.165, 1.54) is 0 Å². The number of nitrogens with zero attached hydrogens (tertiary/aromatic N) is 1. The van der Waals surface area contributed by atoms with Crippen molar-refractivity contribution in [1.82, 2.24) is 4.90 Å². The third kappa shape index (κ3) is 3.98. The molecule has 0 unspecified atom stereocenters. The number of Topliss-reactive ketones (excluding diaryl/α,β-unsaturated/α-hetero) is 1. The van der Waals surface area contributed by atoms with Gasteiger partial charge in [0, 0.05) is 37.0 Å². The third-order valence-corrected chi connectivity index (χ3v) is 6.57. The lowest BCUT2D eigenvalue weighted by Crippen LogP contribution is -2.27. The molecule has 2 aromatic carbocycles. The molecule has 8 nitrogen and oxygen atoms in total. The highest BCUT2D eigenvalue weighted by molar-refractivity contribution is 6.12. The number of methoxy groups -OCH3 is 1. The summed E-state index contributed by atoms with van der Waals surface area (Å²) in [4.78, 5) is 28.2. The van der Waals surface area contributed by atoms with Gasteiger partial charge < -0.3 is 29.2 Å². The molecule has 1 amide bonds. The van der Waals surface area contributed by atoms with E-state index in [4.69, 9.17) is 18.9 Å². The van der Waals surface area contributed by atoms with E-state index in [9.17, 15) is 9.59 Å². The summed E-state index contributed by atoms with van der Waals surface area (Å²) in [6.45, 7) is 3.30. The van der Waals surface area contributed by atoms with Crippen molar-refractivity contribution < 1.29 is 28.5 Å². The van der Waals surface area contributed by atoms with Crippen molar-refractivity contribution in [3.05, 3.63) is 52.2 Å². The zero-order valence-corrected chi connectivity index (χ0v) is 19.6. The lowest BCUT2D eigenvalue weighted by atomic mass is 10.00. The fourth-order valence-corrected chi connectivity index (χ4v) is 4.58. The van der Waals surface area contributed by atoms with Crippen LogP contribution in [0.5, 0.6) is 17.2 Å². The number of likely N-dealkylation sites (N-methyl/N-ethyl adjacent to an activating group) is 1. The second-order valence-corrected chi connectivity index (χ2v) is 8.77. The van der Waals surface area contributed by atoms with Crippen LogP contribution in [0.25, 0.3) is 6.08 Å². The molecule has 5 rings (SSSR count). The van der Waals surface area contributed by atoms with Gasteiger partial charge in [-0.25, -0.2) is 0 Å². The van der Waals surface area contributed by atoms with Gasteiger partial charge in [-0.1, -0.05) is 12.1 Å². The van der Waals surface area contributed by atoms with E-state index in [0.717, 1.165) is 29.5 Å². The Hall–Kier alpha value is -3.52. The predicted molar refractivity (Wildman–Crippen MR) is 127 cm³/mol. The van der Waals surface area contributed by atoms with Crippen molar-refractivity contribution in [1.29, 1.82) is 0 Å². The Balaban J connectivity index is 1.49. The molecule has 8 heteroatoms. The van der Waals surface area contributed by atoms with Crippen LogP contribution < -0.4 is 19.5 Å². The first-order valence-electron chi connectivity index (χ1n) is 11.5. The van der Waals surface area contributed by atoms with Gasteiger partial charge in [-0.15, -0.1) is 0 Å². The highest BCUT2D eigenvalue weighted by Gasteiger charge is 2.29. The predicted octanol–water partition coefficient (Wildman–Crippen LogP) is 3.56. The molecule has 0 aliphatic carbocycles. The topological polar surface area (TPSA) is 86.3 Å². The number of carbonyl (C=O) groups excluding carboxylic acids is 2. The molecule has 3 heterocycles. The lowest BCUT2D eigenvalue weighted by molar-refractivity contribution is -0.124. The van der Waals surface area contributed by atoms with Crippen molar-refractivity contribution in [2.75, 3.05) is 39.4 Å². The van der Waals surface area contributed by atoms with E-state index in [2.05, 4.69) is 5.32 Å². The molecule has 1 atom stereocenters. The smallest absolute Gasteiger partial charge is 0.253 e. The molecule has 178 valence electrons. The number of hydrogen-bond donors (Lipinski definition) is 1. The maximum absolute atomic E-state index is 13.7. The molecule has 0 spiro atoms. The Morgan fingerprint density at radius 2 is 2.06 bits per heavy atom. The number of rotatable bonds is 5. The first kappa shape index (κ1) is 22.3. The van der Waals surface area contributed by atoms with Gasteiger partial charge in [-0.2, -0.15) is 0 Å². The van der Waals surface area contributed by atoms with Crippen LogP contribution >= 0.6 is 0 Å². The highest BCUT2D eigenvalue weighted by Crippen LogP contribution is 2.46. The number of amides is 1.